The molecule has 6 rings (SSSR count). The summed E-state index contributed by atoms with van der Waals surface area (Å²) in [6, 6.07) is 11.8. The van der Waals surface area contributed by atoms with Gasteiger partial charge in [0.25, 0.3) is 5.91 Å². The highest BCUT2D eigenvalue weighted by molar-refractivity contribution is 7.90. The van der Waals surface area contributed by atoms with Gasteiger partial charge in [0.15, 0.2) is 0 Å². The molecule has 2 saturated carbocycles. The maximum absolute atomic E-state index is 14.6. The number of rotatable bonds is 10. The second kappa shape index (κ2) is 14.7. The third kappa shape index (κ3) is 7.47. The number of piperazine rings is 1. The van der Waals surface area contributed by atoms with Crippen LogP contribution in [0.25, 0.3) is 22.2 Å². The fourth-order valence-corrected chi connectivity index (χ4v) is 9.95. The molecule has 1 saturated heterocycles. The number of amides is 2. The van der Waals surface area contributed by atoms with Crippen LogP contribution in [0.3, 0.4) is 0 Å². The lowest BCUT2D eigenvalue weighted by Gasteiger charge is -2.47. The molecule has 3 fully saturated rings. The molecule has 50 heavy (non-hydrogen) atoms. The average Bonchev–Trinajstić information content (AvgIpc) is 3.40. The standard InChI is InChI=1S/C40H56N4O5S/c1-6-23-50(47,48)42-37(45)30-15-17-33-34(25-30)44(26-39(3,4)38(46)43-22-21-41-40(27-43)19-11-8-12-20-40)36(35(33)29-13-9-7-10-14-29)32-18-16-31(49-5)24-28(32)2/h15-18,24-25,29,41H,6-14,19-23,26-27H2,1-5H3,(H,42,45). The van der Waals surface area contributed by atoms with Crippen LogP contribution in [-0.2, 0) is 21.4 Å². The molecule has 2 aliphatic carbocycles. The molecule has 2 N–H and O–H groups in total. The van der Waals surface area contributed by atoms with Crippen molar-refractivity contribution in [3.05, 3.63) is 53.1 Å². The molecule has 3 aliphatic rings. The fourth-order valence-electron chi connectivity index (χ4n) is 8.91. The predicted octanol–water partition coefficient (Wildman–Crippen LogP) is 7.30. The molecular formula is C40H56N4O5S. The minimum atomic E-state index is -3.76. The summed E-state index contributed by atoms with van der Waals surface area (Å²) in [5, 5.41) is 4.84. The van der Waals surface area contributed by atoms with Crippen LogP contribution in [0.5, 0.6) is 5.75 Å². The number of ether oxygens (including phenoxy) is 1. The van der Waals surface area contributed by atoms with Gasteiger partial charge in [0.05, 0.1) is 24.0 Å². The Hall–Kier alpha value is -3.37. The summed E-state index contributed by atoms with van der Waals surface area (Å²) < 4.78 is 35.4. The molecule has 0 unspecified atom stereocenters. The zero-order valence-electron chi connectivity index (χ0n) is 30.7. The van der Waals surface area contributed by atoms with E-state index < -0.39 is 21.3 Å². The number of hydrogen-bond acceptors (Lipinski definition) is 6. The molecule has 9 nitrogen and oxygen atoms in total. The Bertz CT molecular complexity index is 1830. The molecule has 0 radical (unpaired) electrons. The number of benzene rings is 2. The second-order valence-electron chi connectivity index (χ2n) is 15.7. The van der Waals surface area contributed by atoms with Crippen molar-refractivity contribution < 1.29 is 22.7 Å². The molecule has 0 atom stereocenters. The van der Waals surface area contributed by atoms with Crippen molar-refractivity contribution in [3.63, 3.8) is 0 Å². The third-order valence-electron chi connectivity index (χ3n) is 11.4. The van der Waals surface area contributed by atoms with Crippen LogP contribution in [0.2, 0.25) is 0 Å². The Morgan fingerprint density at radius 2 is 1.74 bits per heavy atom. The highest BCUT2D eigenvalue weighted by Crippen LogP contribution is 2.46. The molecule has 0 bridgehead atoms. The van der Waals surface area contributed by atoms with E-state index in [0.29, 0.717) is 25.4 Å². The normalized spacial score (nSPS) is 18.8. The summed E-state index contributed by atoms with van der Waals surface area (Å²) in [6.45, 7) is 10.6. The van der Waals surface area contributed by atoms with E-state index in [4.69, 9.17) is 4.74 Å². The van der Waals surface area contributed by atoms with Gasteiger partial charge in [-0.15, -0.1) is 0 Å². The van der Waals surface area contributed by atoms with Gasteiger partial charge in [-0.25, -0.2) is 13.1 Å². The molecular weight excluding hydrogens is 649 g/mol. The molecule has 2 aromatic carbocycles. The monoisotopic (exact) mass is 704 g/mol. The second-order valence-corrected chi connectivity index (χ2v) is 17.6. The van der Waals surface area contributed by atoms with Gasteiger partial charge >= 0.3 is 0 Å². The number of aryl methyl sites for hydroxylation is 1. The molecule has 2 heterocycles. The first kappa shape index (κ1) is 36.4. The van der Waals surface area contributed by atoms with E-state index in [1.54, 1.807) is 20.1 Å². The number of hydrogen-bond donors (Lipinski definition) is 2. The zero-order chi connectivity index (χ0) is 35.7. The molecule has 2 amide bonds. The Morgan fingerprint density at radius 3 is 2.42 bits per heavy atom. The highest BCUT2D eigenvalue weighted by atomic mass is 32.2. The van der Waals surface area contributed by atoms with E-state index in [9.17, 15) is 18.0 Å². The van der Waals surface area contributed by atoms with Crippen LogP contribution in [0, 0.1) is 12.3 Å². The minimum Gasteiger partial charge on any atom is -0.497 e. The maximum atomic E-state index is 14.6. The summed E-state index contributed by atoms with van der Waals surface area (Å²) in [6.07, 6.45) is 11.9. The topological polar surface area (TPSA) is 110 Å². The number of carbonyl (C=O) groups is 2. The van der Waals surface area contributed by atoms with E-state index in [2.05, 4.69) is 52.4 Å². The van der Waals surface area contributed by atoms with Gasteiger partial charge in [0, 0.05) is 53.7 Å². The Morgan fingerprint density at radius 1 is 1.02 bits per heavy atom. The number of nitrogens with zero attached hydrogens (tertiary/aromatic N) is 2. The first-order valence-corrected chi connectivity index (χ1v) is 20.4. The smallest absolute Gasteiger partial charge is 0.264 e. The number of fused-ring (bicyclic) bond motifs is 1. The van der Waals surface area contributed by atoms with E-state index in [-0.39, 0.29) is 22.8 Å². The Kier molecular flexibility index (Phi) is 10.7. The lowest BCUT2D eigenvalue weighted by molar-refractivity contribution is -0.143. The SMILES string of the molecule is CCCS(=O)(=O)NC(=O)c1ccc2c(C3CCCCC3)c(-c3ccc(OC)cc3C)n(CC(C)(C)C(=O)N3CCNC4(CCCCC4)C3)c2c1. The van der Waals surface area contributed by atoms with Gasteiger partial charge in [-0.1, -0.05) is 51.5 Å². The molecule has 3 aromatic rings. The summed E-state index contributed by atoms with van der Waals surface area (Å²) in [5.74, 6) is 0.497. The lowest BCUT2D eigenvalue weighted by Crippen LogP contribution is -2.63. The van der Waals surface area contributed by atoms with Gasteiger partial charge in [0.2, 0.25) is 15.9 Å². The molecule has 1 aromatic heterocycles. The molecule has 272 valence electrons. The van der Waals surface area contributed by atoms with Crippen molar-refractivity contribution in [2.45, 2.75) is 116 Å². The van der Waals surface area contributed by atoms with Crippen molar-refractivity contribution >= 4 is 32.7 Å². The van der Waals surface area contributed by atoms with Crippen LogP contribution < -0.4 is 14.8 Å². The van der Waals surface area contributed by atoms with Gasteiger partial charge in [-0.3, -0.25) is 9.59 Å². The van der Waals surface area contributed by atoms with Gasteiger partial charge in [0.1, 0.15) is 5.75 Å². The van der Waals surface area contributed by atoms with Crippen LogP contribution >= 0.6 is 0 Å². The van der Waals surface area contributed by atoms with Gasteiger partial charge < -0.3 is 19.5 Å². The summed E-state index contributed by atoms with van der Waals surface area (Å²) in [5.41, 5.74) is 4.85. The number of methoxy groups -OCH3 is 1. The predicted molar refractivity (Wildman–Crippen MR) is 200 cm³/mol. The van der Waals surface area contributed by atoms with Crippen LogP contribution in [0.4, 0.5) is 0 Å². The minimum absolute atomic E-state index is 0.00226. The summed E-state index contributed by atoms with van der Waals surface area (Å²) in [4.78, 5) is 30.2. The number of nitrogens with one attached hydrogen (secondary N) is 2. The van der Waals surface area contributed by atoms with Crippen LogP contribution in [-0.4, -0.2) is 67.7 Å². The fraction of sp³-hybridized carbons (Fsp3) is 0.600. The van der Waals surface area contributed by atoms with E-state index in [1.165, 1.54) is 31.2 Å². The quantitative estimate of drug-likeness (QED) is 0.229. The zero-order valence-corrected chi connectivity index (χ0v) is 31.5. The average molecular weight is 705 g/mol. The number of sulfonamides is 1. The largest absolute Gasteiger partial charge is 0.497 e. The third-order valence-corrected chi connectivity index (χ3v) is 12.8. The van der Waals surface area contributed by atoms with E-state index in [0.717, 1.165) is 85.1 Å². The first-order valence-electron chi connectivity index (χ1n) is 18.8. The number of carbonyl (C=O) groups excluding carboxylic acids is 2. The van der Waals surface area contributed by atoms with Gasteiger partial charge in [-0.05, 0) is 100 Å². The molecule has 10 heteroatoms. The summed E-state index contributed by atoms with van der Waals surface area (Å²) >= 11 is 0. The van der Waals surface area contributed by atoms with Crippen molar-refractivity contribution in [1.29, 1.82) is 0 Å². The Labute approximate surface area is 298 Å². The highest BCUT2D eigenvalue weighted by Gasteiger charge is 2.42. The first-order chi connectivity index (χ1) is 23.9. The molecule has 1 aliphatic heterocycles. The van der Waals surface area contributed by atoms with Crippen LogP contribution in [0.15, 0.2) is 36.4 Å². The number of aromatic nitrogens is 1. The van der Waals surface area contributed by atoms with Crippen LogP contribution in [0.1, 0.15) is 119 Å². The van der Waals surface area contributed by atoms with E-state index in [1.807, 2.05) is 18.2 Å². The maximum Gasteiger partial charge on any atom is 0.264 e. The van der Waals surface area contributed by atoms with E-state index >= 15 is 0 Å². The van der Waals surface area contributed by atoms with Crippen molar-refractivity contribution in [2.24, 2.45) is 5.41 Å². The lowest BCUT2D eigenvalue weighted by atomic mass is 9.79. The van der Waals surface area contributed by atoms with Crippen molar-refractivity contribution in [1.82, 2.24) is 19.5 Å². The molecule has 1 spiro atoms. The Balaban J connectivity index is 1.49. The van der Waals surface area contributed by atoms with Crippen molar-refractivity contribution in [3.8, 4) is 17.0 Å². The van der Waals surface area contributed by atoms with Crippen molar-refractivity contribution in [2.75, 3.05) is 32.5 Å². The summed E-state index contributed by atoms with van der Waals surface area (Å²) in [7, 11) is -2.08. The van der Waals surface area contributed by atoms with Gasteiger partial charge in [-0.2, -0.15) is 0 Å².